The molecule has 2 N–H and O–H groups in total. The number of nitrogens with one attached hydrogen (secondary N) is 1. The van der Waals surface area contributed by atoms with Crippen LogP contribution in [0.1, 0.15) is 5.56 Å². The number of carboxylic acid groups (broad SMARTS) is 1. The molecule has 2 bridgehead atoms. The Bertz CT molecular complexity index is 912. The Morgan fingerprint density at radius 1 is 1.17 bits per heavy atom. The Morgan fingerprint density at radius 3 is 2.52 bits per heavy atom. The molecule has 3 unspecified atom stereocenters. The first-order chi connectivity index (χ1) is 14.1. The molecule has 0 aliphatic carbocycles. The number of rotatable bonds is 9. The summed E-state index contributed by atoms with van der Waals surface area (Å²) in [6.45, 7) is 0.195. The maximum Gasteiger partial charge on any atom is 0.334 e. The molecule has 0 saturated heterocycles. The maximum absolute atomic E-state index is 11.9. The van der Waals surface area contributed by atoms with Gasteiger partial charge in [0.25, 0.3) is 6.47 Å². The Morgan fingerprint density at radius 2 is 1.86 bits per heavy atom. The van der Waals surface area contributed by atoms with Crippen LogP contribution in [-0.4, -0.2) is 41.9 Å². The van der Waals surface area contributed by atoms with E-state index in [1.54, 1.807) is 6.08 Å². The zero-order valence-corrected chi connectivity index (χ0v) is 15.7. The molecule has 2 aliphatic rings. The molecule has 4 rings (SSSR count). The summed E-state index contributed by atoms with van der Waals surface area (Å²) in [5, 5.41) is 13.3. The van der Waals surface area contributed by atoms with Crippen molar-refractivity contribution in [1.82, 2.24) is 0 Å². The Labute approximate surface area is 168 Å². The number of benzene rings is 2. The summed E-state index contributed by atoms with van der Waals surface area (Å²) >= 11 is 0. The van der Waals surface area contributed by atoms with Gasteiger partial charge >= 0.3 is 5.97 Å². The van der Waals surface area contributed by atoms with Gasteiger partial charge in [-0.3, -0.25) is 4.79 Å². The number of carbonyl (C=O) groups excluding carboxylic acids is 1. The molecule has 0 spiro atoms. The highest BCUT2D eigenvalue weighted by Gasteiger charge is 2.55. The predicted molar refractivity (Wildman–Crippen MR) is 107 cm³/mol. The van der Waals surface area contributed by atoms with Gasteiger partial charge in [-0.15, -0.1) is 0 Å². The van der Waals surface area contributed by atoms with Gasteiger partial charge in [-0.2, -0.15) is 0 Å². The van der Waals surface area contributed by atoms with E-state index in [0.29, 0.717) is 18.5 Å². The average molecular weight is 391 g/mol. The lowest BCUT2D eigenvalue weighted by molar-refractivity contribution is -0.133. The van der Waals surface area contributed by atoms with E-state index in [-0.39, 0.29) is 18.2 Å². The third kappa shape index (κ3) is 3.54. The molecule has 3 atom stereocenters. The predicted octanol–water partition coefficient (Wildman–Crippen LogP) is 2.97. The second-order valence-electron chi connectivity index (χ2n) is 7.05. The molecule has 0 fully saturated rings. The molecule has 6 nitrogen and oxygen atoms in total. The molecule has 148 valence electrons. The molecule has 0 radical (unpaired) electrons. The molecule has 0 aromatic heterocycles. The minimum atomic E-state index is -1.07. The van der Waals surface area contributed by atoms with Crippen LogP contribution in [0.25, 0.3) is 0 Å². The monoisotopic (exact) mass is 391 g/mol. The van der Waals surface area contributed by atoms with Crippen molar-refractivity contribution in [2.24, 2.45) is 0 Å². The van der Waals surface area contributed by atoms with E-state index in [0.717, 1.165) is 11.3 Å². The molecule has 0 saturated carbocycles. The number of hydrogen-bond donors (Lipinski definition) is 2. The fourth-order valence-electron chi connectivity index (χ4n) is 4.09. The van der Waals surface area contributed by atoms with Crippen LogP contribution in [0, 0.1) is 0 Å². The van der Waals surface area contributed by atoms with Gasteiger partial charge in [0.15, 0.2) is 0 Å². The first-order valence-electron chi connectivity index (χ1n) is 9.39. The van der Waals surface area contributed by atoms with Gasteiger partial charge in [-0.25, -0.2) is 4.79 Å². The highest BCUT2D eigenvalue weighted by Crippen LogP contribution is 2.46. The lowest BCUT2D eigenvalue weighted by Crippen LogP contribution is -2.48. The van der Waals surface area contributed by atoms with Crippen molar-refractivity contribution in [3.63, 3.8) is 0 Å². The van der Waals surface area contributed by atoms with Crippen molar-refractivity contribution in [2.75, 3.05) is 11.9 Å². The third-order valence-electron chi connectivity index (χ3n) is 5.36. The largest absolute Gasteiger partial charge is 0.478 e. The Kier molecular flexibility index (Phi) is 5.18. The van der Waals surface area contributed by atoms with Gasteiger partial charge < -0.3 is 19.9 Å². The van der Waals surface area contributed by atoms with E-state index in [2.05, 4.69) is 5.32 Å². The second-order valence-corrected chi connectivity index (χ2v) is 7.05. The highest BCUT2D eigenvalue weighted by molar-refractivity contribution is 5.91. The fraction of sp³-hybridized carbons (Fsp3) is 0.217. The number of aliphatic carboxylic acids is 1. The van der Waals surface area contributed by atoms with Crippen LogP contribution < -0.4 is 5.32 Å². The smallest absolute Gasteiger partial charge is 0.334 e. The summed E-state index contributed by atoms with van der Waals surface area (Å²) in [4.78, 5) is 22.7. The van der Waals surface area contributed by atoms with Gasteiger partial charge in [0.1, 0.15) is 18.3 Å². The van der Waals surface area contributed by atoms with E-state index in [1.807, 2.05) is 66.7 Å². The van der Waals surface area contributed by atoms with E-state index in [9.17, 15) is 14.7 Å². The standard InChI is InChI=1S/C23H21NO5/c25-15-28-14-18-21(22(26)27)19-11-12-23(18,29-19)20(13-16-7-3-1-4-8-16)24-17-9-5-2-6-10-17/h1-12,15,19-20,24H,13-14H2,(H,26,27). The minimum Gasteiger partial charge on any atom is -0.478 e. The van der Waals surface area contributed by atoms with Gasteiger partial charge in [-0.05, 0) is 30.2 Å². The van der Waals surface area contributed by atoms with Crippen molar-refractivity contribution < 1.29 is 24.2 Å². The summed E-state index contributed by atoms with van der Waals surface area (Å²) in [5.74, 6) is -1.07. The van der Waals surface area contributed by atoms with E-state index in [1.165, 1.54) is 0 Å². The van der Waals surface area contributed by atoms with E-state index in [4.69, 9.17) is 9.47 Å². The fourth-order valence-corrected chi connectivity index (χ4v) is 4.09. The lowest BCUT2D eigenvalue weighted by Gasteiger charge is -2.36. The van der Waals surface area contributed by atoms with Crippen molar-refractivity contribution >= 4 is 18.1 Å². The van der Waals surface area contributed by atoms with Crippen LogP contribution in [-0.2, 0) is 25.5 Å². The van der Waals surface area contributed by atoms with Gasteiger partial charge in [-0.1, -0.05) is 54.6 Å². The third-order valence-corrected chi connectivity index (χ3v) is 5.36. The summed E-state index contributed by atoms with van der Waals surface area (Å²) in [6, 6.07) is 19.3. The first-order valence-corrected chi connectivity index (χ1v) is 9.39. The number of carboxylic acids is 1. The van der Waals surface area contributed by atoms with Crippen LogP contribution in [0.3, 0.4) is 0 Å². The quantitative estimate of drug-likeness (QED) is 0.505. The van der Waals surface area contributed by atoms with E-state index < -0.39 is 17.7 Å². The molecular weight excluding hydrogens is 370 g/mol. The second kappa shape index (κ2) is 7.93. The number of carbonyl (C=O) groups is 2. The van der Waals surface area contributed by atoms with Crippen LogP contribution >= 0.6 is 0 Å². The topological polar surface area (TPSA) is 84.9 Å². The molecule has 2 aliphatic heterocycles. The zero-order chi connectivity index (χ0) is 20.3. The molecule has 29 heavy (non-hydrogen) atoms. The number of anilines is 1. The summed E-state index contributed by atoms with van der Waals surface area (Å²) in [7, 11) is 0. The van der Waals surface area contributed by atoms with Crippen molar-refractivity contribution in [2.45, 2.75) is 24.2 Å². The molecule has 2 aromatic rings. The number of hydrogen-bond acceptors (Lipinski definition) is 5. The zero-order valence-electron chi connectivity index (χ0n) is 15.7. The highest BCUT2D eigenvalue weighted by atomic mass is 16.5. The SMILES string of the molecule is O=COCC1=C(C(=O)O)C2C=CC1(C(Cc1ccccc1)Nc1ccccc1)O2. The summed E-state index contributed by atoms with van der Waals surface area (Å²) in [6.07, 6.45) is 3.58. The van der Waals surface area contributed by atoms with Crippen molar-refractivity contribution in [3.05, 3.63) is 89.5 Å². The molecule has 0 amide bonds. The molecular formula is C23H21NO5. The van der Waals surface area contributed by atoms with E-state index >= 15 is 0 Å². The van der Waals surface area contributed by atoms with Crippen LogP contribution in [0.5, 0.6) is 0 Å². The number of fused-ring (bicyclic) bond motifs is 2. The lowest BCUT2D eigenvalue weighted by atomic mass is 9.79. The Hall–Kier alpha value is -3.38. The van der Waals surface area contributed by atoms with Crippen molar-refractivity contribution in [1.29, 1.82) is 0 Å². The van der Waals surface area contributed by atoms with Crippen LogP contribution in [0.15, 0.2) is 84.0 Å². The molecule has 2 aromatic carbocycles. The van der Waals surface area contributed by atoms with Gasteiger partial charge in [0.05, 0.1) is 11.6 Å². The number of ether oxygens (including phenoxy) is 2. The minimum absolute atomic E-state index is 0.131. The van der Waals surface area contributed by atoms with Gasteiger partial charge in [0.2, 0.25) is 0 Å². The number of para-hydroxylation sites is 1. The van der Waals surface area contributed by atoms with Crippen LogP contribution in [0.4, 0.5) is 5.69 Å². The summed E-state index contributed by atoms with van der Waals surface area (Å²) < 4.78 is 11.2. The maximum atomic E-state index is 11.9. The normalized spacial score (nSPS) is 23.1. The summed E-state index contributed by atoms with van der Waals surface area (Å²) in [5.41, 5.74) is 1.56. The molecule has 2 heterocycles. The van der Waals surface area contributed by atoms with Crippen LogP contribution in [0.2, 0.25) is 0 Å². The van der Waals surface area contributed by atoms with Gasteiger partial charge in [0, 0.05) is 11.3 Å². The Balaban J connectivity index is 1.76. The first kappa shape index (κ1) is 19.0. The van der Waals surface area contributed by atoms with Crippen molar-refractivity contribution in [3.8, 4) is 0 Å². The average Bonchev–Trinajstić information content (AvgIpc) is 3.31. The molecule has 6 heteroatoms.